The van der Waals surface area contributed by atoms with Crippen molar-refractivity contribution in [2.45, 2.75) is 12.8 Å². The van der Waals surface area contributed by atoms with Crippen molar-refractivity contribution in [2.75, 3.05) is 13.2 Å². The van der Waals surface area contributed by atoms with E-state index in [9.17, 15) is 4.57 Å². The number of aromatic nitrogens is 6. The van der Waals surface area contributed by atoms with Crippen molar-refractivity contribution in [3.63, 3.8) is 0 Å². The zero-order valence-corrected chi connectivity index (χ0v) is 17.4. The number of phosphoric acid groups is 1. The monoisotopic (exact) mass is 456 g/mol. The van der Waals surface area contributed by atoms with Gasteiger partial charge in [0.15, 0.2) is 0 Å². The van der Waals surface area contributed by atoms with Crippen LogP contribution in [-0.4, -0.2) is 48.7 Å². The summed E-state index contributed by atoms with van der Waals surface area (Å²) in [5.41, 5.74) is 2.35. The van der Waals surface area contributed by atoms with Gasteiger partial charge in [-0.25, -0.2) is 4.57 Å². The minimum Gasteiger partial charge on any atom is -0.410 e. The Bertz CT molecular complexity index is 1280. The van der Waals surface area contributed by atoms with Crippen molar-refractivity contribution in [2.24, 2.45) is 0 Å². The van der Waals surface area contributed by atoms with Crippen molar-refractivity contribution < 1.29 is 23.4 Å². The molecule has 0 aliphatic carbocycles. The molecule has 0 fully saturated rings. The highest BCUT2D eigenvalue weighted by atomic mass is 31.2. The summed E-state index contributed by atoms with van der Waals surface area (Å²) in [5, 5.41) is 40.6. The Kier molecular flexibility index (Phi) is 7.67. The summed E-state index contributed by atoms with van der Waals surface area (Å²) in [4.78, 5) is 1.70. The number of rotatable bonds is 8. The van der Waals surface area contributed by atoms with Gasteiger partial charge in [0.1, 0.15) is 22.1 Å². The first-order chi connectivity index (χ1) is 15.6. The predicted molar refractivity (Wildman–Crippen MR) is 109 cm³/mol. The van der Waals surface area contributed by atoms with Gasteiger partial charge in [-0.1, -0.05) is 34.0 Å². The minimum atomic E-state index is -4.01. The van der Waals surface area contributed by atoms with E-state index in [2.05, 4.69) is 20.6 Å². The molecule has 14 heteroatoms. The van der Waals surface area contributed by atoms with Gasteiger partial charge in [0.25, 0.3) is 0 Å². The van der Waals surface area contributed by atoms with Gasteiger partial charge in [-0.15, -0.1) is 10.2 Å². The van der Waals surface area contributed by atoms with E-state index in [1.165, 1.54) is 0 Å². The smallest absolute Gasteiger partial charge is 0.410 e. The largest absolute Gasteiger partial charge is 0.550 e. The third kappa shape index (κ3) is 5.77. The van der Waals surface area contributed by atoms with Crippen LogP contribution in [0.3, 0.4) is 0 Å². The average molecular weight is 456 g/mol. The molecule has 0 radical (unpaired) electrons. The van der Waals surface area contributed by atoms with Crippen molar-refractivity contribution in [1.29, 1.82) is 10.5 Å². The summed E-state index contributed by atoms with van der Waals surface area (Å²) < 4.78 is 27.7. The zero-order valence-electron chi connectivity index (χ0n) is 16.6. The van der Waals surface area contributed by atoms with Gasteiger partial charge in [-0.05, 0) is 34.7 Å². The van der Waals surface area contributed by atoms with Crippen LogP contribution in [0.2, 0.25) is 0 Å². The van der Waals surface area contributed by atoms with Crippen molar-refractivity contribution in [3.8, 4) is 12.1 Å². The summed E-state index contributed by atoms with van der Waals surface area (Å²) in [6, 6.07) is 17.8. The van der Waals surface area contributed by atoms with E-state index < -0.39 is 7.82 Å². The van der Waals surface area contributed by atoms with Gasteiger partial charge in [-0.3, -0.25) is 13.7 Å². The van der Waals surface area contributed by atoms with Crippen LogP contribution >= 0.6 is 7.82 Å². The maximum atomic E-state index is 12.5. The number of hydrogen-bond acceptors (Lipinski definition) is 11. The molecule has 0 saturated heterocycles. The summed E-state index contributed by atoms with van der Waals surface area (Å²) >= 11 is 0. The minimum absolute atomic E-state index is 0.0209. The Morgan fingerprint density at radius 3 is 2.00 bits per heavy atom. The topological polar surface area (TPSA) is 174 Å². The Labute approximate surface area is 181 Å². The number of para-hydroxylation sites is 2. The van der Waals surface area contributed by atoms with Crippen LogP contribution in [0.1, 0.15) is 12.8 Å². The van der Waals surface area contributed by atoms with E-state index in [0.717, 1.165) is 9.69 Å². The van der Waals surface area contributed by atoms with Gasteiger partial charge in [-0.2, -0.15) is 10.5 Å². The summed E-state index contributed by atoms with van der Waals surface area (Å²) in [5.74, 6) is 0. The second-order valence-corrected chi connectivity index (χ2v) is 7.50. The second-order valence-electron chi connectivity index (χ2n) is 5.93. The highest BCUT2D eigenvalue weighted by molar-refractivity contribution is 7.48. The molecule has 2 heterocycles. The SMILES string of the molecule is N#CCCOP(=O)(OCCC#N)On1nnc2ccccc21.On1nnc2ccccc21. The second kappa shape index (κ2) is 10.8. The molecular formula is C18H17N8O5P. The molecular weight excluding hydrogens is 439 g/mol. The molecule has 0 unspecified atom stereocenters. The van der Waals surface area contributed by atoms with Gasteiger partial charge in [0.2, 0.25) is 0 Å². The lowest BCUT2D eigenvalue weighted by Crippen LogP contribution is -2.15. The average Bonchev–Trinajstić information content (AvgIpc) is 3.39. The van der Waals surface area contributed by atoms with Gasteiger partial charge in [0, 0.05) is 0 Å². The van der Waals surface area contributed by atoms with Crippen LogP contribution in [0.15, 0.2) is 48.5 Å². The van der Waals surface area contributed by atoms with E-state index in [-0.39, 0.29) is 26.1 Å². The van der Waals surface area contributed by atoms with Gasteiger partial charge in [0.05, 0.1) is 38.2 Å². The number of fused-ring (bicyclic) bond motifs is 2. The molecule has 4 rings (SSSR count). The summed E-state index contributed by atoms with van der Waals surface area (Å²) in [6.07, 6.45) is 0.0418. The number of nitrogens with zero attached hydrogens (tertiary/aromatic N) is 8. The quantitative estimate of drug-likeness (QED) is 0.234. The maximum Gasteiger partial charge on any atom is 0.550 e. The van der Waals surface area contributed by atoms with E-state index >= 15 is 0 Å². The van der Waals surface area contributed by atoms with Crippen LogP contribution < -0.4 is 4.62 Å². The van der Waals surface area contributed by atoms with Crippen LogP contribution in [-0.2, 0) is 13.6 Å². The Hall–Kier alpha value is -4.03. The van der Waals surface area contributed by atoms with E-state index in [0.29, 0.717) is 22.1 Å². The first-order valence-corrected chi connectivity index (χ1v) is 10.7. The molecule has 0 spiro atoms. The predicted octanol–water partition coefficient (Wildman–Crippen LogP) is 2.50. The molecule has 0 saturated carbocycles. The summed E-state index contributed by atoms with van der Waals surface area (Å²) in [6.45, 7) is -0.264. The molecule has 1 N–H and O–H groups in total. The van der Waals surface area contributed by atoms with Crippen LogP contribution in [0.4, 0.5) is 0 Å². The van der Waals surface area contributed by atoms with E-state index in [1.807, 2.05) is 24.3 Å². The van der Waals surface area contributed by atoms with Crippen LogP contribution in [0, 0.1) is 22.7 Å². The molecule has 2 aromatic heterocycles. The zero-order chi connectivity index (χ0) is 22.8. The number of nitriles is 2. The molecule has 4 aromatic rings. The fourth-order valence-electron chi connectivity index (χ4n) is 2.35. The highest BCUT2D eigenvalue weighted by Crippen LogP contribution is 2.46. The Balaban J connectivity index is 0.000000238. The first-order valence-electron chi connectivity index (χ1n) is 9.19. The molecule has 0 atom stereocenters. The molecule has 0 aliphatic heterocycles. The van der Waals surface area contributed by atoms with Gasteiger partial charge < -0.3 is 5.21 Å². The van der Waals surface area contributed by atoms with E-state index in [4.69, 9.17) is 29.4 Å². The van der Waals surface area contributed by atoms with E-state index in [1.54, 1.807) is 36.4 Å². The molecule has 32 heavy (non-hydrogen) atoms. The lowest BCUT2D eigenvalue weighted by atomic mass is 10.3. The number of hydrogen-bond donors (Lipinski definition) is 1. The third-order valence-electron chi connectivity index (χ3n) is 3.76. The fraction of sp³-hybridized carbons (Fsp3) is 0.222. The maximum absolute atomic E-state index is 12.5. The fourth-order valence-corrected chi connectivity index (χ4v) is 3.46. The van der Waals surface area contributed by atoms with Crippen molar-refractivity contribution in [1.82, 2.24) is 30.3 Å². The molecule has 0 amide bonds. The molecule has 2 aromatic carbocycles. The molecule has 0 aliphatic rings. The molecule has 13 nitrogen and oxygen atoms in total. The lowest BCUT2D eigenvalue weighted by molar-refractivity contribution is 0.0969. The number of phosphoric ester groups is 1. The number of benzene rings is 2. The summed E-state index contributed by atoms with van der Waals surface area (Å²) in [7, 11) is -4.01. The van der Waals surface area contributed by atoms with Gasteiger partial charge >= 0.3 is 7.82 Å². The third-order valence-corrected chi connectivity index (χ3v) is 5.11. The van der Waals surface area contributed by atoms with Crippen molar-refractivity contribution in [3.05, 3.63) is 48.5 Å². The standard InChI is InChI=1S/C12H12N5O4P.C6H5N3O/c13-7-3-9-19-22(18,20-10-4-8-14)21-17-12-6-2-1-5-11(12)15-16-17;10-9-6-4-2-1-3-5(6)7-8-9/h1-2,5-6H,3-4,9-10H2;1-4,10H. The first kappa shape index (κ1) is 22.7. The van der Waals surface area contributed by atoms with Crippen LogP contribution in [0.5, 0.6) is 0 Å². The highest BCUT2D eigenvalue weighted by Gasteiger charge is 2.30. The Morgan fingerprint density at radius 2 is 1.41 bits per heavy atom. The Morgan fingerprint density at radius 1 is 0.875 bits per heavy atom. The molecule has 0 bridgehead atoms. The molecule has 164 valence electrons. The normalized spacial score (nSPS) is 10.8. The lowest BCUT2D eigenvalue weighted by Gasteiger charge is -2.16. The van der Waals surface area contributed by atoms with Crippen LogP contribution in [0.25, 0.3) is 22.1 Å². The van der Waals surface area contributed by atoms with Crippen molar-refractivity contribution >= 4 is 29.9 Å².